The van der Waals surface area contributed by atoms with Gasteiger partial charge < -0.3 is 15.1 Å². The van der Waals surface area contributed by atoms with Crippen molar-refractivity contribution in [3.63, 3.8) is 0 Å². The molecule has 1 aliphatic heterocycles. The van der Waals surface area contributed by atoms with Crippen molar-refractivity contribution in [1.29, 1.82) is 0 Å². The molecule has 0 bridgehead atoms. The van der Waals surface area contributed by atoms with E-state index in [1.54, 1.807) is 11.3 Å². The van der Waals surface area contributed by atoms with Gasteiger partial charge >= 0.3 is 0 Å². The van der Waals surface area contributed by atoms with Gasteiger partial charge in [-0.1, -0.05) is 6.92 Å². The minimum absolute atomic E-state index is 0.811. The standard InChI is InChI=1S/C18H33N5S/c1-5-19-18(22(4)13-17-14-24-15(3)21-17)20-10-7-16-8-11-23(6-2)12-9-16/h14,16H,5-13H2,1-4H3,(H,19,20). The molecule has 1 aromatic heterocycles. The summed E-state index contributed by atoms with van der Waals surface area (Å²) in [6, 6.07) is 0. The highest BCUT2D eigenvalue weighted by molar-refractivity contribution is 7.09. The van der Waals surface area contributed by atoms with Crippen LogP contribution in [0.3, 0.4) is 0 Å². The number of nitrogens with one attached hydrogen (secondary N) is 1. The summed E-state index contributed by atoms with van der Waals surface area (Å²) >= 11 is 1.71. The first kappa shape index (κ1) is 19.2. The van der Waals surface area contributed by atoms with Crippen LogP contribution in [-0.2, 0) is 6.54 Å². The van der Waals surface area contributed by atoms with Gasteiger partial charge in [0.15, 0.2) is 5.96 Å². The van der Waals surface area contributed by atoms with Crippen LogP contribution in [0.2, 0.25) is 0 Å². The lowest BCUT2D eigenvalue weighted by molar-refractivity contribution is 0.188. The molecule has 0 aromatic carbocycles. The Morgan fingerprint density at radius 3 is 2.75 bits per heavy atom. The smallest absolute Gasteiger partial charge is 0.194 e. The minimum atomic E-state index is 0.811. The second-order valence-corrected chi connectivity index (χ2v) is 7.68. The van der Waals surface area contributed by atoms with Crippen molar-refractivity contribution in [3.05, 3.63) is 16.1 Å². The number of hydrogen-bond acceptors (Lipinski definition) is 4. The fourth-order valence-corrected chi connectivity index (χ4v) is 3.82. The van der Waals surface area contributed by atoms with E-state index >= 15 is 0 Å². The second kappa shape index (κ2) is 9.99. The van der Waals surface area contributed by atoms with E-state index in [1.165, 1.54) is 38.9 Å². The predicted molar refractivity (Wildman–Crippen MR) is 104 cm³/mol. The molecular weight excluding hydrogens is 318 g/mol. The summed E-state index contributed by atoms with van der Waals surface area (Å²) in [5.41, 5.74) is 1.12. The Morgan fingerprint density at radius 1 is 1.42 bits per heavy atom. The minimum Gasteiger partial charge on any atom is -0.357 e. The summed E-state index contributed by atoms with van der Waals surface area (Å²) in [7, 11) is 2.09. The molecule has 0 unspecified atom stereocenters. The van der Waals surface area contributed by atoms with E-state index in [1.807, 2.05) is 0 Å². The van der Waals surface area contributed by atoms with Crippen molar-refractivity contribution in [2.45, 2.75) is 46.6 Å². The molecule has 1 aromatic rings. The molecule has 5 nitrogen and oxygen atoms in total. The van der Waals surface area contributed by atoms with Gasteiger partial charge in [-0.05, 0) is 58.7 Å². The second-order valence-electron chi connectivity index (χ2n) is 6.62. The van der Waals surface area contributed by atoms with Crippen molar-refractivity contribution in [1.82, 2.24) is 20.1 Å². The van der Waals surface area contributed by atoms with E-state index in [0.29, 0.717) is 0 Å². The maximum atomic E-state index is 4.84. The van der Waals surface area contributed by atoms with E-state index in [0.717, 1.165) is 42.2 Å². The predicted octanol–water partition coefficient (Wildman–Crippen LogP) is 2.97. The van der Waals surface area contributed by atoms with Gasteiger partial charge in [-0.2, -0.15) is 0 Å². The van der Waals surface area contributed by atoms with Gasteiger partial charge in [0.05, 0.1) is 17.2 Å². The van der Waals surface area contributed by atoms with Gasteiger partial charge in [0.1, 0.15) is 0 Å². The van der Waals surface area contributed by atoms with Crippen molar-refractivity contribution in [2.75, 3.05) is 39.8 Å². The van der Waals surface area contributed by atoms with E-state index in [2.05, 4.69) is 53.3 Å². The number of guanidine groups is 1. The van der Waals surface area contributed by atoms with Crippen molar-refractivity contribution in [3.8, 4) is 0 Å². The Kier molecular flexibility index (Phi) is 7.99. The summed E-state index contributed by atoms with van der Waals surface area (Å²) < 4.78 is 0. The summed E-state index contributed by atoms with van der Waals surface area (Å²) in [6.45, 7) is 12.8. The molecule has 1 saturated heterocycles. The zero-order chi connectivity index (χ0) is 17.4. The fourth-order valence-electron chi connectivity index (χ4n) is 3.21. The lowest BCUT2D eigenvalue weighted by atomic mass is 9.94. The first-order valence-electron chi connectivity index (χ1n) is 9.25. The molecule has 0 spiro atoms. The quantitative estimate of drug-likeness (QED) is 0.606. The van der Waals surface area contributed by atoms with Gasteiger partial charge in [0.2, 0.25) is 0 Å². The number of piperidine rings is 1. The number of aliphatic imine (C=N–C) groups is 1. The summed E-state index contributed by atoms with van der Waals surface area (Å²) in [5, 5.41) is 6.67. The maximum Gasteiger partial charge on any atom is 0.194 e. The highest BCUT2D eigenvalue weighted by atomic mass is 32.1. The molecule has 0 radical (unpaired) electrons. The third kappa shape index (κ3) is 6.06. The number of thiazole rings is 1. The number of likely N-dealkylation sites (tertiary alicyclic amines) is 1. The SMILES string of the molecule is CCNC(=NCCC1CCN(CC)CC1)N(C)Cc1csc(C)n1. The van der Waals surface area contributed by atoms with Gasteiger partial charge in [-0.3, -0.25) is 4.99 Å². The van der Waals surface area contributed by atoms with Crippen LogP contribution in [0.5, 0.6) is 0 Å². The van der Waals surface area contributed by atoms with Gasteiger partial charge in [-0.25, -0.2) is 4.98 Å². The summed E-state index contributed by atoms with van der Waals surface area (Å²) in [6.07, 6.45) is 3.86. The van der Waals surface area contributed by atoms with Crippen molar-refractivity contribution in [2.24, 2.45) is 10.9 Å². The molecule has 0 saturated carbocycles. The summed E-state index contributed by atoms with van der Waals surface area (Å²) in [4.78, 5) is 14.1. The molecule has 2 heterocycles. The van der Waals surface area contributed by atoms with Crippen LogP contribution >= 0.6 is 11.3 Å². The third-order valence-corrected chi connectivity index (χ3v) is 5.54. The topological polar surface area (TPSA) is 43.8 Å². The summed E-state index contributed by atoms with van der Waals surface area (Å²) in [5.74, 6) is 1.83. The van der Waals surface area contributed by atoms with Crippen molar-refractivity contribution < 1.29 is 0 Å². The molecule has 6 heteroatoms. The average Bonchev–Trinajstić information content (AvgIpc) is 2.99. The van der Waals surface area contributed by atoms with Crippen LogP contribution in [0, 0.1) is 12.8 Å². The van der Waals surface area contributed by atoms with Crippen LogP contribution < -0.4 is 5.32 Å². The zero-order valence-electron chi connectivity index (χ0n) is 15.7. The van der Waals surface area contributed by atoms with Gasteiger partial charge in [0, 0.05) is 25.5 Å². The Balaban J connectivity index is 1.81. The lowest BCUT2D eigenvalue weighted by Gasteiger charge is -2.30. The number of aromatic nitrogens is 1. The molecule has 0 aliphatic carbocycles. The first-order valence-corrected chi connectivity index (χ1v) is 10.1. The highest BCUT2D eigenvalue weighted by Crippen LogP contribution is 2.20. The monoisotopic (exact) mass is 351 g/mol. The van der Waals surface area contributed by atoms with Crippen LogP contribution in [0.1, 0.15) is 43.8 Å². The zero-order valence-corrected chi connectivity index (χ0v) is 16.5. The molecule has 24 heavy (non-hydrogen) atoms. The van der Waals surface area contributed by atoms with Crippen LogP contribution in [-0.4, -0.2) is 60.5 Å². The normalized spacial score (nSPS) is 17.2. The Bertz CT molecular complexity index is 505. The van der Waals surface area contributed by atoms with E-state index in [9.17, 15) is 0 Å². The average molecular weight is 352 g/mol. The van der Waals surface area contributed by atoms with Crippen molar-refractivity contribution >= 4 is 17.3 Å². The Morgan fingerprint density at radius 2 is 2.17 bits per heavy atom. The molecule has 1 fully saturated rings. The Labute approximate surface area is 151 Å². The van der Waals surface area contributed by atoms with Gasteiger partial charge in [-0.15, -0.1) is 11.3 Å². The van der Waals surface area contributed by atoms with E-state index < -0.39 is 0 Å². The number of hydrogen-bond donors (Lipinski definition) is 1. The first-order chi connectivity index (χ1) is 11.6. The maximum absolute atomic E-state index is 4.84. The highest BCUT2D eigenvalue weighted by Gasteiger charge is 2.17. The fraction of sp³-hybridized carbons (Fsp3) is 0.778. The number of aryl methyl sites for hydroxylation is 1. The largest absolute Gasteiger partial charge is 0.357 e. The molecule has 1 N–H and O–H groups in total. The number of nitrogens with zero attached hydrogens (tertiary/aromatic N) is 4. The van der Waals surface area contributed by atoms with E-state index in [4.69, 9.17) is 4.99 Å². The molecular formula is C18H33N5S. The van der Waals surface area contributed by atoms with Crippen LogP contribution in [0.25, 0.3) is 0 Å². The molecule has 0 amide bonds. The third-order valence-electron chi connectivity index (χ3n) is 4.72. The Hall–Kier alpha value is -1.14. The van der Waals surface area contributed by atoms with Gasteiger partial charge in [0.25, 0.3) is 0 Å². The molecule has 0 atom stereocenters. The number of rotatable bonds is 7. The van der Waals surface area contributed by atoms with Crippen LogP contribution in [0.15, 0.2) is 10.4 Å². The van der Waals surface area contributed by atoms with Crippen LogP contribution in [0.4, 0.5) is 0 Å². The molecule has 136 valence electrons. The van der Waals surface area contributed by atoms with E-state index in [-0.39, 0.29) is 0 Å². The molecule has 2 rings (SSSR count). The molecule has 1 aliphatic rings. The lowest BCUT2D eigenvalue weighted by Crippen LogP contribution is -2.38.